The minimum absolute atomic E-state index is 0.107. The number of anilines is 1. The lowest BCUT2D eigenvalue weighted by Crippen LogP contribution is -2.33. The molecule has 0 saturated heterocycles. The number of rotatable bonds is 6. The van der Waals surface area contributed by atoms with E-state index >= 15 is 0 Å². The van der Waals surface area contributed by atoms with Crippen LogP contribution in [0.25, 0.3) is 10.2 Å². The first kappa shape index (κ1) is 15.7. The maximum Gasteiger partial charge on any atom is 0.268 e. The molecule has 2 aromatic heterocycles. The summed E-state index contributed by atoms with van der Waals surface area (Å²) in [5, 5.41) is 11.9. The van der Waals surface area contributed by atoms with Gasteiger partial charge in [0.1, 0.15) is 10.5 Å². The van der Waals surface area contributed by atoms with E-state index in [1.165, 1.54) is 11.3 Å². The molecule has 0 bridgehead atoms. The Bertz CT molecular complexity index is 828. The Morgan fingerprint density at radius 1 is 1.30 bits per heavy atom. The van der Waals surface area contributed by atoms with E-state index in [9.17, 15) is 9.90 Å². The van der Waals surface area contributed by atoms with E-state index in [0.717, 1.165) is 11.2 Å². The average Bonchev–Trinajstić information content (AvgIpc) is 3.04. The molecule has 0 aliphatic rings. The number of H-pyrrole nitrogens is 1. The molecule has 23 heavy (non-hydrogen) atoms. The van der Waals surface area contributed by atoms with Crippen LogP contribution in [0.3, 0.4) is 0 Å². The molecule has 0 aliphatic carbocycles. The van der Waals surface area contributed by atoms with Gasteiger partial charge in [0.2, 0.25) is 0 Å². The van der Waals surface area contributed by atoms with Crippen LogP contribution in [0, 0.1) is 0 Å². The van der Waals surface area contributed by atoms with E-state index in [1.54, 1.807) is 0 Å². The lowest BCUT2D eigenvalue weighted by Gasteiger charge is -2.26. The fraction of sp³-hybridized carbons (Fsp3) is 0.294. The fourth-order valence-corrected chi connectivity index (χ4v) is 3.19. The molecular weight excluding hydrogens is 310 g/mol. The fourth-order valence-electron chi connectivity index (χ4n) is 2.46. The molecular formula is C17H19N3O2S. The summed E-state index contributed by atoms with van der Waals surface area (Å²) >= 11 is 1.39. The van der Waals surface area contributed by atoms with Crippen molar-refractivity contribution >= 4 is 27.2 Å². The van der Waals surface area contributed by atoms with Gasteiger partial charge in [0.25, 0.3) is 5.56 Å². The second-order valence-electron chi connectivity index (χ2n) is 5.43. The summed E-state index contributed by atoms with van der Waals surface area (Å²) < 4.78 is 0.647. The molecule has 0 spiro atoms. The van der Waals surface area contributed by atoms with Crippen LogP contribution < -0.4 is 10.5 Å². The Morgan fingerprint density at radius 3 is 2.83 bits per heavy atom. The number of nitrogens with one attached hydrogen (secondary N) is 1. The van der Waals surface area contributed by atoms with Crippen LogP contribution in [0.15, 0.2) is 46.6 Å². The standard InChI is InChI=1S/C17H19N3O2S/c1-2-13(21)10-20(12-6-4-3-5-7-12)11-15-18-14-8-9-23-16(14)17(22)19-15/h3-9,13,21H,2,10-11H2,1H3,(H,18,19,22). The van der Waals surface area contributed by atoms with E-state index in [0.29, 0.717) is 30.0 Å². The molecule has 0 saturated carbocycles. The predicted octanol–water partition coefficient (Wildman–Crippen LogP) is 2.76. The molecule has 0 radical (unpaired) electrons. The lowest BCUT2D eigenvalue weighted by molar-refractivity contribution is 0.175. The molecule has 2 heterocycles. The van der Waals surface area contributed by atoms with Gasteiger partial charge in [-0.3, -0.25) is 4.79 Å². The number of hydrogen-bond donors (Lipinski definition) is 2. The monoisotopic (exact) mass is 329 g/mol. The predicted molar refractivity (Wildman–Crippen MR) is 94.0 cm³/mol. The molecule has 6 heteroatoms. The van der Waals surface area contributed by atoms with Crippen LogP contribution in [0.1, 0.15) is 19.2 Å². The summed E-state index contributed by atoms with van der Waals surface area (Å²) in [6.45, 7) is 2.89. The Hall–Kier alpha value is -2.18. The van der Waals surface area contributed by atoms with E-state index in [1.807, 2.05) is 53.6 Å². The molecule has 120 valence electrons. The maximum atomic E-state index is 12.1. The van der Waals surface area contributed by atoms with E-state index in [-0.39, 0.29) is 5.56 Å². The van der Waals surface area contributed by atoms with Crippen LogP contribution in [-0.4, -0.2) is 27.7 Å². The molecule has 3 rings (SSSR count). The van der Waals surface area contributed by atoms with Crippen molar-refractivity contribution in [3.63, 3.8) is 0 Å². The second kappa shape index (κ2) is 6.93. The van der Waals surface area contributed by atoms with E-state index < -0.39 is 6.10 Å². The first-order valence-electron chi connectivity index (χ1n) is 7.62. The number of fused-ring (bicyclic) bond motifs is 1. The molecule has 1 aromatic carbocycles. The van der Waals surface area contributed by atoms with Crippen molar-refractivity contribution < 1.29 is 5.11 Å². The summed E-state index contributed by atoms with van der Waals surface area (Å²) in [4.78, 5) is 21.5. The number of aliphatic hydroxyl groups excluding tert-OH is 1. The van der Waals surface area contributed by atoms with Gasteiger partial charge in [-0.15, -0.1) is 11.3 Å². The van der Waals surface area contributed by atoms with Crippen molar-refractivity contribution in [3.05, 3.63) is 58.0 Å². The highest BCUT2D eigenvalue weighted by atomic mass is 32.1. The highest BCUT2D eigenvalue weighted by molar-refractivity contribution is 7.17. The number of hydrogen-bond acceptors (Lipinski definition) is 5. The molecule has 0 fully saturated rings. The SMILES string of the molecule is CCC(O)CN(Cc1nc2ccsc2c(=O)[nH]1)c1ccccc1. The van der Waals surface area contributed by atoms with E-state index in [4.69, 9.17) is 0 Å². The van der Waals surface area contributed by atoms with Gasteiger partial charge < -0.3 is 15.0 Å². The first-order chi connectivity index (χ1) is 11.2. The van der Waals surface area contributed by atoms with Crippen LogP contribution >= 0.6 is 11.3 Å². The third-order valence-corrected chi connectivity index (χ3v) is 4.63. The molecule has 0 amide bonds. The maximum absolute atomic E-state index is 12.1. The Morgan fingerprint density at radius 2 is 2.09 bits per heavy atom. The summed E-state index contributed by atoms with van der Waals surface area (Å²) in [7, 11) is 0. The summed E-state index contributed by atoms with van der Waals surface area (Å²) in [6.07, 6.45) is 0.253. The highest BCUT2D eigenvalue weighted by Crippen LogP contribution is 2.18. The van der Waals surface area contributed by atoms with Crippen LogP contribution in [-0.2, 0) is 6.54 Å². The number of aliphatic hydroxyl groups is 1. The van der Waals surface area contributed by atoms with Gasteiger partial charge in [0.05, 0.1) is 18.2 Å². The van der Waals surface area contributed by atoms with Gasteiger partial charge >= 0.3 is 0 Å². The van der Waals surface area contributed by atoms with Crippen molar-refractivity contribution in [1.82, 2.24) is 9.97 Å². The Balaban J connectivity index is 1.91. The number of benzene rings is 1. The third kappa shape index (κ3) is 3.60. The van der Waals surface area contributed by atoms with Crippen LogP contribution in [0.4, 0.5) is 5.69 Å². The quantitative estimate of drug-likeness (QED) is 0.729. The molecule has 1 atom stereocenters. The van der Waals surface area contributed by atoms with Gasteiger partial charge in [0, 0.05) is 12.2 Å². The zero-order valence-corrected chi connectivity index (χ0v) is 13.7. The molecule has 1 unspecified atom stereocenters. The van der Waals surface area contributed by atoms with Crippen LogP contribution in [0.5, 0.6) is 0 Å². The Kier molecular flexibility index (Phi) is 4.73. The second-order valence-corrected chi connectivity index (χ2v) is 6.34. The van der Waals surface area contributed by atoms with Crippen molar-refractivity contribution in [2.24, 2.45) is 0 Å². The minimum Gasteiger partial charge on any atom is -0.391 e. The Labute approximate surface area is 138 Å². The number of aromatic nitrogens is 2. The zero-order valence-electron chi connectivity index (χ0n) is 12.9. The zero-order chi connectivity index (χ0) is 16.2. The number of para-hydroxylation sites is 1. The van der Waals surface area contributed by atoms with E-state index in [2.05, 4.69) is 9.97 Å². The smallest absolute Gasteiger partial charge is 0.268 e. The normalized spacial score (nSPS) is 12.4. The van der Waals surface area contributed by atoms with Crippen LogP contribution in [0.2, 0.25) is 0 Å². The van der Waals surface area contributed by atoms with Gasteiger partial charge in [-0.05, 0) is 30.0 Å². The van der Waals surface area contributed by atoms with Gasteiger partial charge in [-0.2, -0.15) is 0 Å². The number of aromatic amines is 1. The molecule has 5 nitrogen and oxygen atoms in total. The molecule has 0 aliphatic heterocycles. The van der Waals surface area contributed by atoms with Crippen molar-refractivity contribution in [2.45, 2.75) is 26.0 Å². The summed E-state index contributed by atoms with van der Waals surface area (Å²) in [6, 6.07) is 11.7. The number of nitrogens with zero attached hydrogens (tertiary/aromatic N) is 2. The van der Waals surface area contributed by atoms with Gasteiger partial charge in [-0.1, -0.05) is 25.1 Å². The largest absolute Gasteiger partial charge is 0.391 e. The van der Waals surface area contributed by atoms with Crippen molar-refractivity contribution in [1.29, 1.82) is 0 Å². The third-order valence-electron chi connectivity index (χ3n) is 3.73. The topological polar surface area (TPSA) is 69.2 Å². The molecule has 3 aromatic rings. The first-order valence-corrected chi connectivity index (χ1v) is 8.49. The number of thiophene rings is 1. The highest BCUT2D eigenvalue weighted by Gasteiger charge is 2.14. The average molecular weight is 329 g/mol. The summed E-state index contributed by atoms with van der Waals surface area (Å²) in [5.74, 6) is 0.605. The molecule has 2 N–H and O–H groups in total. The van der Waals surface area contributed by atoms with Crippen molar-refractivity contribution in [3.8, 4) is 0 Å². The van der Waals surface area contributed by atoms with Gasteiger partial charge in [0.15, 0.2) is 0 Å². The van der Waals surface area contributed by atoms with Gasteiger partial charge in [-0.25, -0.2) is 4.98 Å². The lowest BCUT2D eigenvalue weighted by atomic mass is 10.2. The minimum atomic E-state index is -0.424. The summed E-state index contributed by atoms with van der Waals surface area (Å²) in [5.41, 5.74) is 1.61. The van der Waals surface area contributed by atoms with Crippen molar-refractivity contribution in [2.75, 3.05) is 11.4 Å².